The maximum atomic E-state index is 11.8. The van der Waals surface area contributed by atoms with Gasteiger partial charge in [-0.1, -0.05) is 23.9 Å². The molecule has 0 saturated heterocycles. The molecule has 0 bridgehead atoms. The zero-order valence-electron chi connectivity index (χ0n) is 10.2. The third-order valence-corrected chi connectivity index (χ3v) is 3.92. The van der Waals surface area contributed by atoms with Gasteiger partial charge in [-0.05, 0) is 34.7 Å². The molecule has 0 spiro atoms. The molecule has 2 aromatic rings. The number of amides is 1. The van der Waals surface area contributed by atoms with Crippen LogP contribution < -0.4 is 16.8 Å². The topological polar surface area (TPSA) is 120 Å². The summed E-state index contributed by atoms with van der Waals surface area (Å²) in [5.74, 6) is 0.0844. The van der Waals surface area contributed by atoms with Crippen molar-refractivity contribution in [3.63, 3.8) is 0 Å². The minimum atomic E-state index is -0.156. The van der Waals surface area contributed by atoms with Gasteiger partial charge in [0, 0.05) is 3.57 Å². The lowest BCUT2D eigenvalue weighted by Gasteiger charge is -2.06. The summed E-state index contributed by atoms with van der Waals surface area (Å²) >= 11 is 3.30. The van der Waals surface area contributed by atoms with Gasteiger partial charge in [0.2, 0.25) is 17.8 Å². The highest BCUT2D eigenvalue weighted by molar-refractivity contribution is 14.1. The van der Waals surface area contributed by atoms with E-state index >= 15 is 0 Å². The molecule has 5 N–H and O–H groups in total. The highest BCUT2D eigenvalue weighted by atomic mass is 127. The number of halogens is 1. The number of benzene rings is 1. The van der Waals surface area contributed by atoms with Gasteiger partial charge in [0.15, 0.2) is 5.16 Å². The lowest BCUT2D eigenvalue weighted by molar-refractivity contribution is -0.113. The molecule has 0 aliphatic heterocycles. The van der Waals surface area contributed by atoms with Crippen LogP contribution in [0.3, 0.4) is 0 Å². The SMILES string of the molecule is Nc1nc(N)nc(SCC(=O)Nc2ccccc2I)n1. The summed E-state index contributed by atoms with van der Waals surface area (Å²) in [5.41, 5.74) is 11.7. The highest BCUT2D eigenvalue weighted by Crippen LogP contribution is 2.18. The largest absolute Gasteiger partial charge is 0.368 e. The number of hydrogen-bond donors (Lipinski definition) is 3. The Bertz CT molecular complexity index is 618. The second-order valence-corrected chi connectivity index (χ2v) is 5.76. The van der Waals surface area contributed by atoms with E-state index in [1.165, 1.54) is 0 Å². The van der Waals surface area contributed by atoms with Crippen molar-refractivity contribution in [3.05, 3.63) is 27.8 Å². The lowest BCUT2D eigenvalue weighted by Crippen LogP contribution is -2.15. The first-order valence-corrected chi connectivity index (χ1v) is 7.55. The molecule has 9 heteroatoms. The minimum absolute atomic E-state index is 0.0398. The molecule has 7 nitrogen and oxygen atoms in total. The Morgan fingerprint density at radius 1 is 1.20 bits per heavy atom. The first kappa shape index (κ1) is 14.8. The van der Waals surface area contributed by atoms with Crippen LogP contribution >= 0.6 is 34.4 Å². The fourth-order valence-electron chi connectivity index (χ4n) is 1.33. The van der Waals surface area contributed by atoms with Crippen molar-refractivity contribution in [3.8, 4) is 0 Å². The standard InChI is InChI=1S/C11H11IN6OS/c12-6-3-1-2-4-7(6)15-8(19)5-20-11-17-9(13)16-10(14)18-11/h1-4H,5H2,(H,15,19)(H4,13,14,16,17,18). The Balaban J connectivity index is 1.94. The highest BCUT2D eigenvalue weighted by Gasteiger charge is 2.08. The number of nitrogen functional groups attached to an aromatic ring is 2. The third kappa shape index (κ3) is 4.20. The number of carbonyl (C=O) groups excluding carboxylic acids is 1. The number of para-hydroxylation sites is 1. The Hall–Kier alpha value is -1.62. The van der Waals surface area contributed by atoms with E-state index in [1.807, 2.05) is 24.3 Å². The van der Waals surface area contributed by atoms with Gasteiger partial charge in [0.25, 0.3) is 0 Å². The van der Waals surface area contributed by atoms with Crippen LogP contribution in [0.2, 0.25) is 0 Å². The quantitative estimate of drug-likeness (QED) is 0.522. The van der Waals surface area contributed by atoms with Crippen molar-refractivity contribution >= 4 is 57.8 Å². The number of nitrogens with two attached hydrogens (primary N) is 2. The predicted octanol–water partition coefficient (Wildman–Crippen LogP) is 1.37. The van der Waals surface area contributed by atoms with E-state index in [-0.39, 0.29) is 23.6 Å². The molecule has 0 radical (unpaired) electrons. The van der Waals surface area contributed by atoms with E-state index in [2.05, 4.69) is 42.9 Å². The fraction of sp³-hybridized carbons (Fsp3) is 0.0909. The number of rotatable bonds is 4. The van der Waals surface area contributed by atoms with Crippen molar-refractivity contribution in [2.24, 2.45) is 0 Å². The van der Waals surface area contributed by atoms with Crippen LogP contribution in [0.5, 0.6) is 0 Å². The molecule has 0 fully saturated rings. The monoisotopic (exact) mass is 402 g/mol. The number of nitrogens with zero attached hydrogens (tertiary/aromatic N) is 3. The van der Waals surface area contributed by atoms with Crippen LogP contribution in [-0.4, -0.2) is 26.6 Å². The van der Waals surface area contributed by atoms with Gasteiger partial charge in [0.05, 0.1) is 11.4 Å². The van der Waals surface area contributed by atoms with Crippen LogP contribution in [0.15, 0.2) is 29.4 Å². The molecular weight excluding hydrogens is 391 g/mol. The van der Waals surface area contributed by atoms with Crippen LogP contribution in [0.25, 0.3) is 0 Å². The minimum Gasteiger partial charge on any atom is -0.368 e. The van der Waals surface area contributed by atoms with Gasteiger partial charge in [-0.15, -0.1) is 0 Å². The molecular formula is C11H11IN6OS. The molecule has 0 aliphatic carbocycles. The number of nitrogens with one attached hydrogen (secondary N) is 1. The Morgan fingerprint density at radius 2 is 1.85 bits per heavy atom. The van der Waals surface area contributed by atoms with Crippen molar-refractivity contribution in [2.45, 2.75) is 5.16 Å². The molecule has 0 saturated carbocycles. The second kappa shape index (κ2) is 6.70. The molecule has 0 aliphatic rings. The third-order valence-electron chi connectivity index (χ3n) is 2.13. The Kier molecular flexibility index (Phi) is 4.95. The van der Waals surface area contributed by atoms with Crippen molar-refractivity contribution in [1.82, 2.24) is 15.0 Å². The maximum absolute atomic E-state index is 11.8. The normalized spacial score (nSPS) is 10.2. The average molecular weight is 402 g/mol. The van der Waals surface area contributed by atoms with Gasteiger partial charge < -0.3 is 16.8 Å². The van der Waals surface area contributed by atoms with E-state index in [4.69, 9.17) is 11.5 Å². The smallest absolute Gasteiger partial charge is 0.234 e. The van der Waals surface area contributed by atoms with Gasteiger partial charge in [-0.2, -0.15) is 15.0 Å². The number of hydrogen-bond acceptors (Lipinski definition) is 7. The molecule has 0 unspecified atom stereocenters. The summed E-state index contributed by atoms with van der Waals surface area (Å²) in [5, 5.41) is 3.14. The van der Waals surface area contributed by atoms with E-state index < -0.39 is 0 Å². The fourth-order valence-corrected chi connectivity index (χ4v) is 2.50. The lowest BCUT2D eigenvalue weighted by atomic mass is 10.3. The zero-order chi connectivity index (χ0) is 14.5. The van der Waals surface area contributed by atoms with Crippen LogP contribution in [0.4, 0.5) is 17.6 Å². The van der Waals surface area contributed by atoms with Gasteiger partial charge in [-0.3, -0.25) is 4.79 Å². The zero-order valence-corrected chi connectivity index (χ0v) is 13.2. The molecule has 1 amide bonds. The Labute approximate surface area is 133 Å². The summed E-state index contributed by atoms with van der Waals surface area (Å²) in [6.07, 6.45) is 0. The number of aromatic nitrogens is 3. The summed E-state index contributed by atoms with van der Waals surface area (Å²) in [6.45, 7) is 0. The van der Waals surface area contributed by atoms with E-state index in [0.29, 0.717) is 5.16 Å². The van der Waals surface area contributed by atoms with Gasteiger partial charge in [0.1, 0.15) is 0 Å². The van der Waals surface area contributed by atoms with Gasteiger partial charge in [-0.25, -0.2) is 0 Å². The molecule has 2 rings (SSSR count). The number of thioether (sulfide) groups is 1. The first-order chi connectivity index (χ1) is 9.54. The molecule has 0 atom stereocenters. The second-order valence-electron chi connectivity index (χ2n) is 3.65. The van der Waals surface area contributed by atoms with Crippen LogP contribution in [0, 0.1) is 3.57 Å². The number of anilines is 3. The first-order valence-electron chi connectivity index (χ1n) is 5.49. The summed E-state index contributed by atoms with van der Waals surface area (Å²) in [7, 11) is 0. The maximum Gasteiger partial charge on any atom is 0.234 e. The molecule has 1 aromatic heterocycles. The van der Waals surface area contributed by atoms with Crippen molar-refractivity contribution in [1.29, 1.82) is 0 Å². The number of carbonyl (C=O) groups is 1. The molecule has 20 heavy (non-hydrogen) atoms. The van der Waals surface area contributed by atoms with E-state index in [0.717, 1.165) is 21.0 Å². The van der Waals surface area contributed by atoms with E-state index in [9.17, 15) is 4.79 Å². The molecule has 1 heterocycles. The van der Waals surface area contributed by atoms with Crippen molar-refractivity contribution < 1.29 is 4.79 Å². The van der Waals surface area contributed by atoms with Gasteiger partial charge >= 0.3 is 0 Å². The summed E-state index contributed by atoms with van der Waals surface area (Å²) < 4.78 is 0.970. The van der Waals surface area contributed by atoms with Crippen LogP contribution in [-0.2, 0) is 4.79 Å². The summed E-state index contributed by atoms with van der Waals surface area (Å²) in [6, 6.07) is 7.51. The average Bonchev–Trinajstić information content (AvgIpc) is 2.38. The predicted molar refractivity (Wildman–Crippen MR) is 87.2 cm³/mol. The molecule has 1 aromatic carbocycles. The summed E-state index contributed by atoms with van der Waals surface area (Å²) in [4.78, 5) is 23.3. The van der Waals surface area contributed by atoms with E-state index in [1.54, 1.807) is 0 Å². The Morgan fingerprint density at radius 3 is 2.50 bits per heavy atom. The van der Waals surface area contributed by atoms with Crippen molar-refractivity contribution in [2.75, 3.05) is 22.5 Å². The van der Waals surface area contributed by atoms with Crippen LogP contribution in [0.1, 0.15) is 0 Å². The molecule has 104 valence electrons.